The molecule has 0 aliphatic carbocycles. The smallest absolute Gasteiger partial charge is 0.220 e. The van der Waals surface area contributed by atoms with E-state index in [-0.39, 0.29) is 35.8 Å². The summed E-state index contributed by atoms with van der Waals surface area (Å²) in [5, 5.41) is 6.74. The summed E-state index contributed by atoms with van der Waals surface area (Å²) in [4.78, 5) is 24.8. The molecule has 1 aliphatic rings. The molecule has 1 aliphatic heterocycles. The zero-order valence-corrected chi connectivity index (χ0v) is 21.3. The molecule has 0 spiro atoms. The molecule has 0 radical (unpaired) electrons. The highest BCUT2D eigenvalue weighted by Gasteiger charge is 2.24. The van der Waals surface area contributed by atoms with Gasteiger partial charge in [-0.3, -0.25) is 9.79 Å². The molecule has 31 heavy (non-hydrogen) atoms. The Morgan fingerprint density at radius 2 is 2.10 bits per heavy atom. The van der Waals surface area contributed by atoms with Crippen LogP contribution in [0.1, 0.15) is 24.8 Å². The van der Waals surface area contributed by atoms with Gasteiger partial charge in [0.2, 0.25) is 5.91 Å². The number of aliphatic imine (C=N–C) groups is 1. The Labute approximate surface area is 203 Å². The summed E-state index contributed by atoms with van der Waals surface area (Å²) in [7, 11) is 5.61. The summed E-state index contributed by atoms with van der Waals surface area (Å²) < 4.78 is 5.09. The molecule has 0 unspecified atom stereocenters. The van der Waals surface area contributed by atoms with Crippen molar-refractivity contribution in [2.75, 3.05) is 65.4 Å². The molecule has 1 aromatic rings. The van der Waals surface area contributed by atoms with Crippen LogP contribution < -0.4 is 21.3 Å². The van der Waals surface area contributed by atoms with Crippen molar-refractivity contribution in [1.29, 1.82) is 0 Å². The molecular weight excluding hydrogens is 509 g/mol. The van der Waals surface area contributed by atoms with Crippen molar-refractivity contribution in [3.8, 4) is 0 Å². The van der Waals surface area contributed by atoms with Crippen molar-refractivity contribution < 1.29 is 9.53 Å². The van der Waals surface area contributed by atoms with Gasteiger partial charge in [-0.25, -0.2) is 4.98 Å². The second kappa shape index (κ2) is 15.2. The largest absolute Gasteiger partial charge is 0.385 e. The van der Waals surface area contributed by atoms with E-state index in [1.54, 1.807) is 14.2 Å². The highest BCUT2D eigenvalue weighted by molar-refractivity contribution is 14.0. The van der Waals surface area contributed by atoms with Gasteiger partial charge < -0.3 is 30.9 Å². The Balaban J connectivity index is 0.00000480. The van der Waals surface area contributed by atoms with Gasteiger partial charge in [0.15, 0.2) is 5.96 Å². The number of piperidine rings is 1. The highest BCUT2D eigenvalue weighted by atomic mass is 127. The van der Waals surface area contributed by atoms with E-state index in [1.165, 1.54) is 0 Å². The number of carbonyl (C=O) groups excluding carboxylic acids is 1. The molecule has 176 valence electrons. The van der Waals surface area contributed by atoms with E-state index in [0.717, 1.165) is 75.9 Å². The average Bonchev–Trinajstić information content (AvgIpc) is 2.76. The van der Waals surface area contributed by atoms with Crippen molar-refractivity contribution in [1.82, 2.24) is 20.5 Å². The van der Waals surface area contributed by atoms with Crippen LogP contribution in [0.4, 0.5) is 5.82 Å². The fourth-order valence-electron chi connectivity index (χ4n) is 3.58. The SMILES string of the molecule is CN=C(NCCN(C)CCCOC)NCc1cccnc1N1CCC(C(N)=O)CC1.I. The number of nitrogens with one attached hydrogen (secondary N) is 2. The number of guanidine groups is 1. The molecule has 0 aromatic carbocycles. The summed E-state index contributed by atoms with van der Waals surface area (Å²) in [5.74, 6) is 1.50. The zero-order chi connectivity index (χ0) is 21.8. The lowest BCUT2D eigenvalue weighted by molar-refractivity contribution is -0.122. The van der Waals surface area contributed by atoms with Crippen LogP contribution in [0.25, 0.3) is 0 Å². The Hall–Kier alpha value is -1.66. The Morgan fingerprint density at radius 1 is 1.35 bits per heavy atom. The lowest BCUT2D eigenvalue weighted by Crippen LogP contribution is -2.42. The minimum Gasteiger partial charge on any atom is -0.385 e. The van der Waals surface area contributed by atoms with Crippen molar-refractivity contribution in [3.05, 3.63) is 23.9 Å². The number of nitrogens with two attached hydrogens (primary N) is 1. The molecule has 0 atom stereocenters. The first kappa shape index (κ1) is 27.4. The maximum absolute atomic E-state index is 11.4. The third-order valence-electron chi connectivity index (χ3n) is 5.41. The number of anilines is 1. The molecule has 9 nitrogen and oxygen atoms in total. The third-order valence-corrected chi connectivity index (χ3v) is 5.41. The molecule has 10 heteroatoms. The van der Waals surface area contributed by atoms with Crippen LogP contribution >= 0.6 is 24.0 Å². The molecule has 2 rings (SSSR count). The Morgan fingerprint density at radius 3 is 2.74 bits per heavy atom. The maximum atomic E-state index is 11.4. The minimum absolute atomic E-state index is 0. The number of carbonyl (C=O) groups is 1. The van der Waals surface area contributed by atoms with E-state index in [0.29, 0.717) is 6.54 Å². The molecule has 4 N–H and O–H groups in total. The normalized spacial score (nSPS) is 15.0. The predicted octanol–water partition coefficient (Wildman–Crippen LogP) is 1.03. The maximum Gasteiger partial charge on any atom is 0.220 e. The summed E-state index contributed by atoms with van der Waals surface area (Å²) in [6, 6.07) is 4.02. The Bertz CT molecular complexity index is 681. The van der Waals surface area contributed by atoms with Crippen LogP contribution in [0.3, 0.4) is 0 Å². The van der Waals surface area contributed by atoms with Gasteiger partial charge in [0.05, 0.1) is 0 Å². The number of hydrogen-bond donors (Lipinski definition) is 3. The van der Waals surface area contributed by atoms with Gasteiger partial charge >= 0.3 is 0 Å². The van der Waals surface area contributed by atoms with Gasteiger partial charge in [-0.05, 0) is 32.4 Å². The van der Waals surface area contributed by atoms with Crippen LogP contribution in [0, 0.1) is 5.92 Å². The first-order valence-corrected chi connectivity index (χ1v) is 10.6. The summed E-state index contributed by atoms with van der Waals surface area (Å²) in [6.07, 6.45) is 4.39. The summed E-state index contributed by atoms with van der Waals surface area (Å²) in [6.45, 7) is 5.74. The van der Waals surface area contributed by atoms with E-state index in [1.807, 2.05) is 12.3 Å². The standard InChI is InChI=1S/C21H37N7O2.HI/c1-23-21(25-10-14-27(2)11-5-15-30-3)26-16-18-6-4-9-24-20(18)28-12-7-17(8-13-28)19(22)29;/h4,6,9,17H,5,7-8,10-16H2,1-3H3,(H2,22,29)(H2,23,25,26);1H. The molecule has 2 heterocycles. The number of halogens is 1. The van der Waals surface area contributed by atoms with E-state index < -0.39 is 0 Å². The first-order chi connectivity index (χ1) is 14.5. The first-order valence-electron chi connectivity index (χ1n) is 10.6. The molecule has 1 amide bonds. The number of rotatable bonds is 11. The van der Waals surface area contributed by atoms with Crippen molar-refractivity contribution >= 4 is 41.7 Å². The molecule has 1 aromatic heterocycles. The van der Waals surface area contributed by atoms with E-state index >= 15 is 0 Å². The zero-order valence-electron chi connectivity index (χ0n) is 19.0. The van der Waals surface area contributed by atoms with Crippen molar-refractivity contribution in [3.63, 3.8) is 0 Å². The number of hydrogen-bond acceptors (Lipinski definition) is 6. The third kappa shape index (κ3) is 9.56. The van der Waals surface area contributed by atoms with E-state index in [2.05, 4.69) is 43.5 Å². The average molecular weight is 547 g/mol. The lowest BCUT2D eigenvalue weighted by atomic mass is 9.96. The minimum atomic E-state index is -0.197. The molecular formula is C21H38IN7O2. The van der Waals surface area contributed by atoms with E-state index in [4.69, 9.17) is 10.5 Å². The van der Waals surface area contributed by atoms with Crippen molar-refractivity contribution in [2.45, 2.75) is 25.8 Å². The highest BCUT2D eigenvalue weighted by Crippen LogP contribution is 2.24. The summed E-state index contributed by atoms with van der Waals surface area (Å²) >= 11 is 0. The van der Waals surface area contributed by atoms with Gasteiger partial charge in [0.25, 0.3) is 0 Å². The molecule has 1 saturated heterocycles. The number of primary amides is 1. The predicted molar refractivity (Wildman–Crippen MR) is 136 cm³/mol. The number of aromatic nitrogens is 1. The van der Waals surface area contributed by atoms with Gasteiger partial charge in [0.1, 0.15) is 5.82 Å². The van der Waals surface area contributed by atoms with Gasteiger partial charge in [-0.2, -0.15) is 0 Å². The monoisotopic (exact) mass is 547 g/mol. The number of ether oxygens (including phenoxy) is 1. The number of pyridine rings is 1. The van der Waals surface area contributed by atoms with Gasteiger partial charge in [0, 0.05) is 77.7 Å². The number of amides is 1. The number of methoxy groups -OCH3 is 1. The van der Waals surface area contributed by atoms with Crippen LogP contribution in [0.2, 0.25) is 0 Å². The van der Waals surface area contributed by atoms with Gasteiger partial charge in [-0.1, -0.05) is 6.07 Å². The number of likely N-dealkylation sites (N-methyl/N-ethyl adjacent to an activating group) is 1. The molecule has 0 saturated carbocycles. The van der Waals surface area contributed by atoms with E-state index in [9.17, 15) is 4.79 Å². The number of nitrogens with zero attached hydrogens (tertiary/aromatic N) is 4. The van der Waals surface area contributed by atoms with Crippen LogP contribution in [-0.4, -0.2) is 82.3 Å². The lowest BCUT2D eigenvalue weighted by Gasteiger charge is -2.32. The van der Waals surface area contributed by atoms with Crippen LogP contribution in [0.5, 0.6) is 0 Å². The van der Waals surface area contributed by atoms with Crippen LogP contribution in [-0.2, 0) is 16.1 Å². The second-order valence-corrected chi connectivity index (χ2v) is 7.65. The van der Waals surface area contributed by atoms with Crippen molar-refractivity contribution in [2.24, 2.45) is 16.6 Å². The topological polar surface area (TPSA) is 108 Å². The fraction of sp³-hybridized carbons (Fsp3) is 0.667. The molecule has 0 bridgehead atoms. The fourth-order valence-corrected chi connectivity index (χ4v) is 3.58. The second-order valence-electron chi connectivity index (χ2n) is 7.65. The summed E-state index contributed by atoms with van der Waals surface area (Å²) in [5.41, 5.74) is 6.56. The Kier molecular flexibility index (Phi) is 13.4. The van der Waals surface area contributed by atoms with Crippen LogP contribution in [0.15, 0.2) is 23.3 Å². The van der Waals surface area contributed by atoms with Gasteiger partial charge in [-0.15, -0.1) is 24.0 Å². The quantitative estimate of drug-likeness (QED) is 0.165. The molecule has 1 fully saturated rings.